The predicted octanol–water partition coefficient (Wildman–Crippen LogP) is 2.49. The summed E-state index contributed by atoms with van der Waals surface area (Å²) in [6.45, 7) is 0. The van der Waals surface area contributed by atoms with Gasteiger partial charge in [-0.3, -0.25) is 4.79 Å². The largest absolute Gasteiger partial charge is 0.291 e. The zero-order chi connectivity index (χ0) is 9.10. The third-order valence-electron chi connectivity index (χ3n) is 2.09. The molecule has 1 heteroatoms. The molecule has 0 aliphatic carbocycles. The highest BCUT2D eigenvalue weighted by Crippen LogP contribution is 2.15. The molecule has 0 aliphatic rings. The van der Waals surface area contributed by atoms with E-state index in [1.165, 1.54) is 10.8 Å². The van der Waals surface area contributed by atoms with Crippen LogP contribution in [0.1, 0.15) is 5.56 Å². The zero-order valence-electron chi connectivity index (χ0n) is 7.16. The SMILES string of the molecule is O=[C]Cc1ccc2ccccc2c1. The highest BCUT2D eigenvalue weighted by atomic mass is 16.1. The van der Waals surface area contributed by atoms with E-state index in [1.54, 1.807) is 0 Å². The van der Waals surface area contributed by atoms with Crippen molar-refractivity contribution < 1.29 is 4.79 Å². The first-order valence-electron chi connectivity index (χ1n) is 4.23. The third kappa shape index (κ3) is 1.59. The van der Waals surface area contributed by atoms with Crippen LogP contribution in [0.3, 0.4) is 0 Å². The number of rotatable bonds is 2. The molecule has 0 bridgehead atoms. The lowest BCUT2D eigenvalue weighted by molar-refractivity contribution is 0.555. The highest BCUT2D eigenvalue weighted by Gasteiger charge is 1.94. The van der Waals surface area contributed by atoms with Gasteiger partial charge in [-0.05, 0) is 16.3 Å². The molecule has 1 nitrogen and oxygen atoms in total. The fraction of sp³-hybridized carbons (Fsp3) is 0.0833. The Kier molecular flexibility index (Phi) is 2.09. The van der Waals surface area contributed by atoms with Crippen molar-refractivity contribution in [2.24, 2.45) is 0 Å². The minimum atomic E-state index is 0.380. The van der Waals surface area contributed by atoms with Crippen LogP contribution in [0.2, 0.25) is 0 Å². The molecule has 0 fully saturated rings. The van der Waals surface area contributed by atoms with Crippen LogP contribution in [0.15, 0.2) is 42.5 Å². The highest BCUT2D eigenvalue weighted by molar-refractivity contribution is 5.83. The molecular weight excluding hydrogens is 160 g/mol. The van der Waals surface area contributed by atoms with Gasteiger partial charge in [-0.15, -0.1) is 0 Å². The Morgan fingerprint density at radius 3 is 2.54 bits per heavy atom. The maximum Gasteiger partial charge on any atom is 0.203 e. The summed E-state index contributed by atoms with van der Waals surface area (Å²) in [4.78, 5) is 10.2. The van der Waals surface area contributed by atoms with E-state index in [1.807, 2.05) is 42.7 Å². The third-order valence-corrected chi connectivity index (χ3v) is 2.09. The van der Waals surface area contributed by atoms with Crippen molar-refractivity contribution in [2.75, 3.05) is 0 Å². The van der Waals surface area contributed by atoms with Gasteiger partial charge in [-0.2, -0.15) is 0 Å². The Bertz CT molecular complexity index is 432. The van der Waals surface area contributed by atoms with Crippen LogP contribution in [0.5, 0.6) is 0 Å². The molecule has 2 rings (SSSR count). The smallest absolute Gasteiger partial charge is 0.203 e. The first-order valence-corrected chi connectivity index (χ1v) is 4.23. The van der Waals surface area contributed by atoms with Crippen molar-refractivity contribution in [3.63, 3.8) is 0 Å². The van der Waals surface area contributed by atoms with E-state index in [-0.39, 0.29) is 0 Å². The monoisotopic (exact) mass is 169 g/mol. The van der Waals surface area contributed by atoms with Crippen molar-refractivity contribution >= 4 is 17.1 Å². The van der Waals surface area contributed by atoms with Crippen molar-refractivity contribution in [1.29, 1.82) is 0 Å². The maximum atomic E-state index is 10.2. The maximum absolute atomic E-state index is 10.2. The van der Waals surface area contributed by atoms with Gasteiger partial charge in [0, 0.05) is 6.42 Å². The topological polar surface area (TPSA) is 17.1 Å². The molecular formula is C12H9O. The zero-order valence-corrected chi connectivity index (χ0v) is 7.16. The molecule has 0 aliphatic heterocycles. The number of benzene rings is 2. The molecule has 0 spiro atoms. The fourth-order valence-electron chi connectivity index (χ4n) is 1.43. The van der Waals surface area contributed by atoms with Gasteiger partial charge in [-0.1, -0.05) is 42.5 Å². The summed E-state index contributed by atoms with van der Waals surface area (Å²) in [5.74, 6) is 0. The molecule has 0 atom stereocenters. The summed E-state index contributed by atoms with van der Waals surface area (Å²) in [6.07, 6.45) is 2.28. The summed E-state index contributed by atoms with van der Waals surface area (Å²) in [5.41, 5.74) is 1.02. The van der Waals surface area contributed by atoms with E-state index < -0.39 is 0 Å². The Balaban J connectivity index is 2.55. The quantitative estimate of drug-likeness (QED) is 0.675. The van der Waals surface area contributed by atoms with Gasteiger partial charge >= 0.3 is 0 Å². The Labute approximate surface area is 77.0 Å². The Hall–Kier alpha value is -1.63. The molecule has 2 aromatic carbocycles. The molecule has 0 saturated heterocycles. The van der Waals surface area contributed by atoms with E-state index in [9.17, 15) is 4.79 Å². The molecule has 0 aromatic heterocycles. The molecule has 2 aromatic rings. The van der Waals surface area contributed by atoms with Crippen LogP contribution in [0.25, 0.3) is 10.8 Å². The van der Waals surface area contributed by atoms with Gasteiger partial charge in [0.25, 0.3) is 0 Å². The van der Waals surface area contributed by atoms with E-state index in [2.05, 4.69) is 6.07 Å². The summed E-state index contributed by atoms with van der Waals surface area (Å²) in [5, 5.41) is 2.38. The van der Waals surface area contributed by atoms with E-state index in [0.29, 0.717) is 6.42 Å². The van der Waals surface area contributed by atoms with Crippen LogP contribution in [0.4, 0.5) is 0 Å². The van der Waals surface area contributed by atoms with Crippen molar-refractivity contribution in [1.82, 2.24) is 0 Å². The Morgan fingerprint density at radius 2 is 1.77 bits per heavy atom. The number of fused-ring (bicyclic) bond motifs is 1. The van der Waals surface area contributed by atoms with E-state index >= 15 is 0 Å². The van der Waals surface area contributed by atoms with Crippen LogP contribution in [-0.4, -0.2) is 6.29 Å². The average Bonchev–Trinajstić information content (AvgIpc) is 2.18. The first-order chi connectivity index (χ1) is 6.40. The molecule has 1 radical (unpaired) electrons. The lowest BCUT2D eigenvalue weighted by atomic mass is 10.1. The van der Waals surface area contributed by atoms with Crippen LogP contribution >= 0.6 is 0 Å². The molecule has 0 saturated carbocycles. The molecule has 0 unspecified atom stereocenters. The Morgan fingerprint density at radius 1 is 1.00 bits per heavy atom. The first kappa shape index (κ1) is 7.99. The van der Waals surface area contributed by atoms with Gasteiger partial charge in [0.2, 0.25) is 6.29 Å². The van der Waals surface area contributed by atoms with Crippen LogP contribution < -0.4 is 0 Å². The van der Waals surface area contributed by atoms with Crippen molar-refractivity contribution in [2.45, 2.75) is 6.42 Å². The van der Waals surface area contributed by atoms with E-state index in [0.717, 1.165) is 5.56 Å². The summed E-state index contributed by atoms with van der Waals surface area (Å²) in [7, 11) is 0. The van der Waals surface area contributed by atoms with Gasteiger partial charge in [0.15, 0.2) is 0 Å². The fourth-order valence-corrected chi connectivity index (χ4v) is 1.43. The molecule has 63 valence electrons. The molecule has 0 amide bonds. The number of hydrogen-bond donors (Lipinski definition) is 0. The van der Waals surface area contributed by atoms with Gasteiger partial charge in [0.05, 0.1) is 0 Å². The molecule has 13 heavy (non-hydrogen) atoms. The van der Waals surface area contributed by atoms with Crippen LogP contribution in [-0.2, 0) is 11.2 Å². The minimum absolute atomic E-state index is 0.380. The normalized spacial score (nSPS) is 10.2. The number of hydrogen-bond acceptors (Lipinski definition) is 1. The minimum Gasteiger partial charge on any atom is -0.291 e. The lowest BCUT2D eigenvalue weighted by Crippen LogP contribution is -1.84. The lowest BCUT2D eigenvalue weighted by Gasteiger charge is -1.98. The molecule has 0 heterocycles. The summed E-state index contributed by atoms with van der Waals surface area (Å²) in [6, 6.07) is 14.1. The second-order valence-electron chi connectivity index (χ2n) is 3.00. The molecule has 0 N–H and O–H groups in total. The van der Waals surface area contributed by atoms with Gasteiger partial charge < -0.3 is 0 Å². The van der Waals surface area contributed by atoms with Crippen molar-refractivity contribution in [3.8, 4) is 0 Å². The second-order valence-corrected chi connectivity index (χ2v) is 3.00. The van der Waals surface area contributed by atoms with E-state index in [4.69, 9.17) is 0 Å². The van der Waals surface area contributed by atoms with Crippen LogP contribution in [0, 0.1) is 0 Å². The van der Waals surface area contributed by atoms with Gasteiger partial charge in [0.1, 0.15) is 0 Å². The van der Waals surface area contributed by atoms with Gasteiger partial charge in [-0.25, -0.2) is 0 Å². The second kappa shape index (κ2) is 3.40. The standard InChI is InChI=1S/C12H9O/c13-8-7-10-5-6-11-3-1-2-4-12(11)9-10/h1-6,9H,7H2. The summed E-state index contributed by atoms with van der Waals surface area (Å²) >= 11 is 0. The average molecular weight is 169 g/mol. The van der Waals surface area contributed by atoms with Crippen molar-refractivity contribution in [3.05, 3.63) is 48.0 Å². The summed E-state index contributed by atoms with van der Waals surface area (Å²) < 4.78 is 0. The number of carbonyl (C=O) groups excluding carboxylic acids is 1. The predicted molar refractivity (Wildman–Crippen MR) is 53.3 cm³/mol.